The fourth-order valence-corrected chi connectivity index (χ4v) is 11.4. The fraction of sp³-hybridized carbons (Fsp3) is 0.321. The summed E-state index contributed by atoms with van der Waals surface area (Å²) in [6.45, 7) is 2.52. The minimum atomic E-state index is -6.29. The normalized spacial score (nSPS) is 12.9. The van der Waals surface area contributed by atoms with E-state index >= 15 is 4.39 Å². The molecule has 0 radical (unpaired) electrons. The van der Waals surface area contributed by atoms with Crippen LogP contribution in [0.15, 0.2) is 114 Å². The zero-order valence-corrected chi connectivity index (χ0v) is 51.3. The molecule has 0 bridgehead atoms. The zero-order chi connectivity index (χ0) is 62.0. The van der Waals surface area contributed by atoms with Gasteiger partial charge >= 0.3 is 27.0 Å². The number of rotatable bonds is 12. The van der Waals surface area contributed by atoms with Crippen molar-refractivity contribution in [3.63, 3.8) is 0 Å². The monoisotopic (exact) mass is 1530 g/mol. The highest BCUT2D eigenvalue weighted by Gasteiger charge is 2.49. The number of nitrogens with zero attached hydrogens (tertiary/aromatic N) is 6. The number of alkyl halides is 3. The van der Waals surface area contributed by atoms with Crippen LogP contribution in [0, 0.1) is 32.6 Å². The van der Waals surface area contributed by atoms with Crippen molar-refractivity contribution in [2.75, 3.05) is 33.0 Å². The third kappa shape index (κ3) is 16.0. The van der Waals surface area contributed by atoms with Crippen LogP contribution in [0.1, 0.15) is 86.0 Å². The van der Waals surface area contributed by atoms with E-state index in [2.05, 4.69) is 18.9 Å². The minimum absolute atomic E-state index is 0. The van der Waals surface area contributed by atoms with Crippen LogP contribution in [0.2, 0.25) is 0 Å². The smallest absolute Gasteiger partial charge is 0.399 e. The Balaban J connectivity index is 0.000000376. The van der Waals surface area contributed by atoms with Crippen LogP contribution >= 0.6 is 45.2 Å². The third-order valence-electron chi connectivity index (χ3n) is 12.8. The lowest BCUT2D eigenvalue weighted by atomic mass is 10.1. The standard InChI is InChI=1S/C25H23FIN5O5S.C19H14F4IN3O6S.C7H10N2O2S.5CH4/c1-13-21(28-15-5-4-6-16(12-15)29-38(3,36)37)20-22(30(2)23(13)33)32(19-10-7-14(27)11-18(19)26)25(35)31(24(20)34)17-8-9-17;1-8-14(33-34(31,32)19(21,22)23)13-15(25(2)16(8)28)27(12-6-3-9(24)7-11(12)20)18(30)26(17(13)29)10-4-5-10;1-12(10,11)9-7-4-2-3-6(8)5-7;;;;;/h4-7,10-12,17,28-29H,8-9H2,1-3H3;3,6-7,10H,4-5H2,1-2H3;2-5,9H,8H2,1H3;5*1H4. The summed E-state index contributed by atoms with van der Waals surface area (Å²) in [6.07, 6.45) is 4.14. The van der Waals surface area contributed by atoms with Gasteiger partial charge in [0.15, 0.2) is 5.75 Å². The van der Waals surface area contributed by atoms with E-state index in [1.54, 1.807) is 55.5 Å². The predicted molar refractivity (Wildman–Crippen MR) is 356 cm³/mol. The Hall–Kier alpha value is -7.38. The molecule has 0 atom stereocenters. The van der Waals surface area contributed by atoms with Crippen molar-refractivity contribution in [1.29, 1.82) is 0 Å². The summed E-state index contributed by atoms with van der Waals surface area (Å²) in [5.74, 6) is -2.77. The first-order valence-corrected chi connectivity index (χ1v) is 31.8. The molecule has 486 valence electrons. The van der Waals surface area contributed by atoms with Gasteiger partial charge in [-0.2, -0.15) is 21.6 Å². The van der Waals surface area contributed by atoms with Crippen LogP contribution in [0.5, 0.6) is 5.75 Å². The van der Waals surface area contributed by atoms with E-state index in [0.717, 1.165) is 46.3 Å². The number of pyridine rings is 2. The lowest BCUT2D eigenvalue weighted by Crippen LogP contribution is -2.42. The summed E-state index contributed by atoms with van der Waals surface area (Å²) < 4.78 is 153. The van der Waals surface area contributed by atoms with Crippen LogP contribution in [0.25, 0.3) is 33.4 Å². The molecule has 0 spiro atoms. The van der Waals surface area contributed by atoms with Gasteiger partial charge in [-0.3, -0.25) is 46.9 Å². The Kier molecular flexibility index (Phi) is 24.0. The van der Waals surface area contributed by atoms with Gasteiger partial charge in [0.2, 0.25) is 20.0 Å². The van der Waals surface area contributed by atoms with E-state index < -0.39 is 115 Å². The maximum atomic E-state index is 15.2. The molecule has 23 nitrogen and oxygen atoms in total. The summed E-state index contributed by atoms with van der Waals surface area (Å²) >= 11 is 3.77. The molecule has 89 heavy (non-hydrogen) atoms. The molecule has 10 rings (SSSR count). The highest BCUT2D eigenvalue weighted by atomic mass is 127. The number of anilines is 5. The average molecular weight is 1530 g/mol. The second-order valence-electron chi connectivity index (χ2n) is 19.4. The number of benzene rings is 4. The van der Waals surface area contributed by atoms with Gasteiger partial charge in [-0.1, -0.05) is 49.3 Å². The second kappa shape index (κ2) is 28.2. The molecule has 2 fully saturated rings. The number of halogens is 7. The van der Waals surface area contributed by atoms with Crippen molar-refractivity contribution < 1.29 is 51.4 Å². The van der Waals surface area contributed by atoms with Gasteiger partial charge in [0.05, 0.1) is 46.5 Å². The van der Waals surface area contributed by atoms with Crippen LogP contribution < -0.4 is 58.3 Å². The topological polar surface area (TPSA) is 306 Å². The molecule has 0 aliphatic heterocycles. The molecule has 5 N–H and O–H groups in total. The molecular weight excluding hydrogens is 1470 g/mol. The van der Waals surface area contributed by atoms with Crippen LogP contribution in [-0.4, -0.2) is 70.7 Å². The van der Waals surface area contributed by atoms with E-state index in [0.29, 0.717) is 59.0 Å². The molecule has 0 unspecified atom stereocenters. The first-order chi connectivity index (χ1) is 39.0. The molecule has 0 saturated heterocycles. The molecule has 8 aromatic rings. The maximum Gasteiger partial charge on any atom is 0.534 e. The average Bonchev–Trinajstić information content (AvgIpc) is 1.44. The van der Waals surface area contributed by atoms with Crippen molar-refractivity contribution in [3.8, 4) is 17.1 Å². The van der Waals surface area contributed by atoms with E-state index in [1.807, 2.05) is 45.2 Å². The van der Waals surface area contributed by atoms with E-state index in [1.165, 1.54) is 41.9 Å². The van der Waals surface area contributed by atoms with Crippen molar-refractivity contribution in [2.45, 2.75) is 94.3 Å². The molecule has 2 saturated carbocycles. The Morgan fingerprint density at radius 3 is 1.36 bits per heavy atom. The van der Waals surface area contributed by atoms with Gasteiger partial charge in [-0.05, 0) is 158 Å². The number of nitrogens with one attached hydrogen (secondary N) is 3. The molecule has 2 aliphatic carbocycles. The Labute approximate surface area is 536 Å². The zero-order valence-electron chi connectivity index (χ0n) is 44.5. The molecule has 4 aromatic heterocycles. The number of aromatic nitrogens is 6. The third-order valence-corrected chi connectivity index (χ3v) is 16.3. The first kappa shape index (κ1) is 75.9. The summed E-state index contributed by atoms with van der Waals surface area (Å²) in [5, 5.41) is 2.34. The second-order valence-corrected chi connectivity index (χ2v) is 26.9. The van der Waals surface area contributed by atoms with Gasteiger partial charge in [0, 0.05) is 50.3 Å². The van der Waals surface area contributed by atoms with Gasteiger partial charge < -0.3 is 15.2 Å². The Bertz CT molecular complexity index is 4810. The van der Waals surface area contributed by atoms with Crippen LogP contribution in [0.4, 0.5) is 50.4 Å². The summed E-state index contributed by atoms with van der Waals surface area (Å²) in [5.41, 5.74) is -5.21. The molecule has 4 heterocycles. The van der Waals surface area contributed by atoms with Crippen molar-refractivity contribution in [2.24, 2.45) is 14.1 Å². The fourth-order valence-electron chi connectivity index (χ4n) is 8.87. The molecular formula is C56H67F5I2N10O13S3. The summed E-state index contributed by atoms with van der Waals surface area (Å²) in [4.78, 5) is 80.3. The van der Waals surface area contributed by atoms with E-state index in [9.17, 15) is 71.6 Å². The van der Waals surface area contributed by atoms with Crippen LogP contribution in [-0.2, 0) is 44.3 Å². The summed E-state index contributed by atoms with van der Waals surface area (Å²) in [6, 6.07) is 20.0. The number of fused-ring (bicyclic) bond motifs is 2. The van der Waals surface area contributed by atoms with E-state index in [-0.39, 0.29) is 76.8 Å². The lowest BCUT2D eigenvalue weighted by molar-refractivity contribution is -0.0499. The summed E-state index contributed by atoms with van der Waals surface area (Å²) in [7, 11) is -10.5. The van der Waals surface area contributed by atoms with E-state index in [4.69, 9.17) is 5.73 Å². The van der Waals surface area contributed by atoms with Crippen molar-refractivity contribution in [1.82, 2.24) is 27.4 Å². The van der Waals surface area contributed by atoms with Gasteiger partial charge in [-0.15, -0.1) is 0 Å². The minimum Gasteiger partial charge on any atom is -0.399 e. The Morgan fingerprint density at radius 2 is 0.955 bits per heavy atom. The number of nitrogen functional groups attached to an aromatic ring is 1. The van der Waals surface area contributed by atoms with Gasteiger partial charge in [0.25, 0.3) is 22.2 Å². The number of hydrogen-bond acceptors (Lipinski definition) is 15. The molecule has 0 amide bonds. The predicted octanol–water partition coefficient (Wildman–Crippen LogP) is 9.64. The molecule has 4 aromatic carbocycles. The Morgan fingerprint density at radius 1 is 0.562 bits per heavy atom. The highest BCUT2D eigenvalue weighted by Crippen LogP contribution is 2.37. The first-order valence-electron chi connectivity index (χ1n) is 24.4. The van der Waals surface area contributed by atoms with Gasteiger partial charge in [0.1, 0.15) is 33.7 Å². The molecule has 33 heteroatoms. The maximum absolute atomic E-state index is 15.2. The number of aryl methyl sites for hydroxylation is 2. The quantitative estimate of drug-likeness (QED) is 0.0291. The number of sulfonamides is 2. The molecule has 2 aliphatic rings. The largest absolute Gasteiger partial charge is 0.534 e. The van der Waals surface area contributed by atoms with Crippen molar-refractivity contribution >= 4 is 126 Å². The van der Waals surface area contributed by atoms with Gasteiger partial charge in [-0.25, -0.2) is 44.3 Å². The van der Waals surface area contributed by atoms with Crippen molar-refractivity contribution in [3.05, 3.63) is 177 Å². The van der Waals surface area contributed by atoms with Crippen LogP contribution in [0.3, 0.4) is 0 Å². The lowest BCUT2D eigenvalue weighted by Gasteiger charge is -2.21. The number of hydrogen-bond donors (Lipinski definition) is 4. The highest BCUT2D eigenvalue weighted by molar-refractivity contribution is 14.1. The number of nitrogens with two attached hydrogens (primary N) is 1. The SMILES string of the molecule is C.C.C.C.C.CS(=O)(=O)Nc1cccc(N)c1.Cc1c(Nc2cccc(NS(C)(=O)=O)c2)c2c(=O)n(C3CC3)c(=O)n(-c3ccc(I)cc3F)c2n(C)c1=O.Cc1c(OS(=O)(=O)C(F)(F)F)c2c(=O)n(C3CC3)c(=O)n(-c3ccc(I)cc3F)c2n(C)c1=O.